The van der Waals surface area contributed by atoms with Gasteiger partial charge in [-0.05, 0) is 79.9 Å². The highest BCUT2D eigenvalue weighted by Crippen LogP contribution is 2.28. The lowest BCUT2D eigenvalue weighted by molar-refractivity contribution is 0.173. The van der Waals surface area contributed by atoms with E-state index in [0.29, 0.717) is 24.8 Å². The molecule has 6 nitrogen and oxygen atoms in total. The smallest absolute Gasteiger partial charge is 0.201 e. The minimum Gasteiger partial charge on any atom is -0.492 e. The van der Waals surface area contributed by atoms with Crippen LogP contribution in [0.4, 0.5) is 5.82 Å². The number of benzene rings is 1. The molecule has 0 N–H and O–H groups in total. The quantitative estimate of drug-likeness (QED) is 0.598. The fourth-order valence-corrected chi connectivity index (χ4v) is 4.21. The molecule has 1 fully saturated rings. The Hall–Kier alpha value is -3.25. The van der Waals surface area contributed by atoms with Gasteiger partial charge in [-0.3, -0.25) is 9.88 Å². The van der Waals surface area contributed by atoms with Crippen LogP contribution >= 0.6 is 0 Å². The number of hydrogen-bond acceptors (Lipinski definition) is 6. The van der Waals surface area contributed by atoms with Crippen molar-refractivity contribution in [3.05, 3.63) is 78.2 Å². The zero-order chi connectivity index (χ0) is 20.9. The minimum atomic E-state index is 0.653. The summed E-state index contributed by atoms with van der Waals surface area (Å²) in [7, 11) is 0. The van der Waals surface area contributed by atoms with Gasteiger partial charge in [-0.25, -0.2) is 4.98 Å². The lowest BCUT2D eigenvalue weighted by Crippen LogP contribution is -2.35. The largest absolute Gasteiger partial charge is 0.492 e. The highest BCUT2D eigenvalue weighted by Gasteiger charge is 2.20. The summed E-state index contributed by atoms with van der Waals surface area (Å²) in [6, 6.07) is 16.0. The lowest BCUT2D eigenvalue weighted by atomic mass is 9.90. The van der Waals surface area contributed by atoms with Crippen molar-refractivity contribution in [2.75, 3.05) is 26.2 Å². The van der Waals surface area contributed by atoms with Crippen molar-refractivity contribution in [3.63, 3.8) is 0 Å². The number of ether oxygens (including phenoxy) is 2. The van der Waals surface area contributed by atoms with Crippen LogP contribution in [0.15, 0.2) is 72.1 Å². The number of nitrogens with zero attached hydrogens (tertiary/aromatic N) is 4. The van der Waals surface area contributed by atoms with Crippen LogP contribution in [0.2, 0.25) is 0 Å². The average molecular weight is 415 g/mol. The SMILES string of the molecule is c1cnc2c(c1)CC(Oc1ccc(OCCN3CCC(c4ccncc4)CC3)cc1)=N2. The molecule has 3 aromatic rings. The second-order valence-corrected chi connectivity index (χ2v) is 7.99. The standard InChI is InChI=1S/C25H26N4O2/c1-2-21-18-24(28-25(21)27-11-1)31-23-5-3-22(4-6-23)30-17-16-29-14-9-20(10-15-29)19-7-12-26-13-8-19/h1-8,11-13,20H,9-10,14-18H2. The maximum atomic E-state index is 5.95. The first-order valence-electron chi connectivity index (χ1n) is 10.9. The molecule has 0 aliphatic carbocycles. The summed E-state index contributed by atoms with van der Waals surface area (Å²) in [5.74, 6) is 3.70. The van der Waals surface area contributed by atoms with E-state index in [1.165, 1.54) is 18.4 Å². The Balaban J connectivity index is 1.05. The number of hydrogen-bond donors (Lipinski definition) is 0. The Morgan fingerprint density at radius 1 is 0.903 bits per heavy atom. The van der Waals surface area contributed by atoms with Gasteiger partial charge in [0, 0.05) is 30.7 Å². The molecule has 31 heavy (non-hydrogen) atoms. The number of rotatable bonds is 6. The third kappa shape index (κ3) is 4.91. The van der Waals surface area contributed by atoms with Gasteiger partial charge >= 0.3 is 0 Å². The van der Waals surface area contributed by atoms with E-state index in [9.17, 15) is 0 Å². The molecule has 0 bridgehead atoms. The first-order chi connectivity index (χ1) is 15.3. The van der Waals surface area contributed by atoms with Crippen molar-refractivity contribution in [2.24, 2.45) is 4.99 Å². The lowest BCUT2D eigenvalue weighted by Gasteiger charge is -2.32. The van der Waals surface area contributed by atoms with Gasteiger partial charge in [-0.2, -0.15) is 4.99 Å². The van der Waals surface area contributed by atoms with Crippen molar-refractivity contribution in [1.29, 1.82) is 0 Å². The second kappa shape index (κ2) is 9.27. The molecule has 1 aromatic carbocycles. The summed E-state index contributed by atoms with van der Waals surface area (Å²) >= 11 is 0. The van der Waals surface area contributed by atoms with Gasteiger partial charge in [0.2, 0.25) is 5.90 Å². The van der Waals surface area contributed by atoms with Crippen LogP contribution in [0.1, 0.15) is 29.9 Å². The third-order valence-electron chi connectivity index (χ3n) is 5.94. The Kier molecular flexibility index (Phi) is 5.89. The van der Waals surface area contributed by atoms with Gasteiger partial charge in [-0.1, -0.05) is 6.07 Å². The predicted octanol–water partition coefficient (Wildman–Crippen LogP) is 4.40. The first kappa shape index (κ1) is 19.7. The minimum absolute atomic E-state index is 0.653. The Labute approximate surface area is 182 Å². The molecule has 0 amide bonds. The number of aromatic nitrogens is 2. The van der Waals surface area contributed by atoms with E-state index >= 15 is 0 Å². The van der Waals surface area contributed by atoms with Gasteiger partial charge in [0.25, 0.3) is 0 Å². The molecule has 4 heterocycles. The second-order valence-electron chi connectivity index (χ2n) is 7.99. The highest BCUT2D eigenvalue weighted by atomic mass is 16.5. The maximum absolute atomic E-state index is 5.95. The van der Waals surface area contributed by atoms with Crippen LogP contribution < -0.4 is 9.47 Å². The summed E-state index contributed by atoms with van der Waals surface area (Å²) < 4.78 is 11.9. The third-order valence-corrected chi connectivity index (χ3v) is 5.94. The summed E-state index contributed by atoms with van der Waals surface area (Å²) in [4.78, 5) is 15.3. The number of piperidine rings is 1. The molecule has 0 radical (unpaired) electrons. The van der Waals surface area contributed by atoms with Crippen molar-refractivity contribution >= 4 is 11.7 Å². The van der Waals surface area contributed by atoms with E-state index in [1.807, 2.05) is 48.8 Å². The summed E-state index contributed by atoms with van der Waals surface area (Å²) in [6.07, 6.45) is 8.60. The number of fused-ring (bicyclic) bond motifs is 1. The molecule has 2 aromatic heterocycles. The Bertz CT molecular complexity index is 1030. The fraction of sp³-hybridized carbons (Fsp3) is 0.320. The zero-order valence-corrected chi connectivity index (χ0v) is 17.5. The van der Waals surface area contributed by atoms with Crippen LogP contribution in [0, 0.1) is 0 Å². The van der Waals surface area contributed by atoms with E-state index < -0.39 is 0 Å². The molecule has 5 rings (SSSR count). The molecule has 2 aliphatic rings. The summed E-state index contributed by atoms with van der Waals surface area (Å²) in [5, 5.41) is 0. The molecule has 6 heteroatoms. The van der Waals surface area contributed by atoms with E-state index in [4.69, 9.17) is 9.47 Å². The van der Waals surface area contributed by atoms with Crippen molar-refractivity contribution in [1.82, 2.24) is 14.9 Å². The van der Waals surface area contributed by atoms with Crippen LogP contribution in [-0.4, -0.2) is 47.0 Å². The number of pyridine rings is 2. The molecule has 2 aliphatic heterocycles. The molecule has 0 saturated carbocycles. The average Bonchev–Trinajstić information content (AvgIpc) is 3.24. The number of aliphatic imine (C=N–C) groups is 1. The monoisotopic (exact) mass is 414 g/mol. The zero-order valence-electron chi connectivity index (χ0n) is 17.5. The highest BCUT2D eigenvalue weighted by molar-refractivity contribution is 5.88. The topological polar surface area (TPSA) is 59.8 Å². The maximum Gasteiger partial charge on any atom is 0.201 e. The van der Waals surface area contributed by atoms with Crippen LogP contribution in [0.5, 0.6) is 11.5 Å². The molecular formula is C25H26N4O2. The molecule has 158 valence electrons. The Morgan fingerprint density at radius 2 is 1.68 bits per heavy atom. The van der Waals surface area contributed by atoms with E-state index in [1.54, 1.807) is 6.20 Å². The molecular weight excluding hydrogens is 388 g/mol. The van der Waals surface area contributed by atoms with Gasteiger partial charge in [-0.15, -0.1) is 0 Å². The molecule has 0 atom stereocenters. The Morgan fingerprint density at radius 3 is 2.45 bits per heavy atom. The number of likely N-dealkylation sites (tertiary alicyclic amines) is 1. The molecule has 0 unspecified atom stereocenters. The summed E-state index contributed by atoms with van der Waals surface area (Å²) in [5.41, 5.74) is 2.51. The van der Waals surface area contributed by atoms with Crippen LogP contribution in [-0.2, 0) is 6.42 Å². The predicted molar refractivity (Wildman–Crippen MR) is 120 cm³/mol. The van der Waals surface area contributed by atoms with Gasteiger partial charge in [0.1, 0.15) is 18.1 Å². The van der Waals surface area contributed by atoms with Crippen LogP contribution in [0.25, 0.3) is 0 Å². The van der Waals surface area contributed by atoms with E-state index in [0.717, 1.165) is 42.5 Å². The van der Waals surface area contributed by atoms with Crippen LogP contribution in [0.3, 0.4) is 0 Å². The molecule has 1 saturated heterocycles. The molecule has 0 spiro atoms. The van der Waals surface area contributed by atoms with Crippen molar-refractivity contribution < 1.29 is 9.47 Å². The van der Waals surface area contributed by atoms with Gasteiger partial charge in [0.15, 0.2) is 5.82 Å². The van der Waals surface area contributed by atoms with E-state index in [2.05, 4.69) is 32.0 Å². The van der Waals surface area contributed by atoms with Gasteiger partial charge < -0.3 is 9.47 Å². The fourth-order valence-electron chi connectivity index (χ4n) is 4.21. The first-order valence-corrected chi connectivity index (χ1v) is 10.9. The van der Waals surface area contributed by atoms with Crippen molar-refractivity contribution in [3.8, 4) is 11.5 Å². The van der Waals surface area contributed by atoms with Gasteiger partial charge in [0.05, 0.1) is 6.42 Å². The van der Waals surface area contributed by atoms with Crippen molar-refractivity contribution in [2.45, 2.75) is 25.2 Å². The summed E-state index contributed by atoms with van der Waals surface area (Å²) in [6.45, 7) is 3.86. The van der Waals surface area contributed by atoms with E-state index in [-0.39, 0.29) is 0 Å². The normalized spacial score (nSPS) is 16.6.